The number of ether oxygens (including phenoxy) is 1. The zero-order valence-corrected chi connectivity index (χ0v) is 9.17. The van der Waals surface area contributed by atoms with Crippen LogP contribution in [0.5, 0.6) is 0 Å². The van der Waals surface area contributed by atoms with Gasteiger partial charge in [0.15, 0.2) is 8.32 Å². The molecule has 0 aromatic heterocycles. The van der Waals surface area contributed by atoms with E-state index in [1.54, 1.807) is 0 Å². The van der Waals surface area contributed by atoms with Gasteiger partial charge in [-0.25, -0.2) is 0 Å². The summed E-state index contributed by atoms with van der Waals surface area (Å²) in [6, 6.07) is 0. The molecule has 3 heteroatoms. The van der Waals surface area contributed by atoms with Crippen LogP contribution in [0, 0.1) is 0 Å². The number of epoxide rings is 1. The predicted molar refractivity (Wildman–Crippen MR) is 50.7 cm³/mol. The molecule has 2 nitrogen and oxygen atoms in total. The first kappa shape index (κ1) is 8.72. The maximum Gasteiger partial charge on any atom is 0.184 e. The van der Waals surface area contributed by atoms with Crippen LogP contribution in [0.3, 0.4) is 0 Å². The molecular formula is C9H18O2Si. The van der Waals surface area contributed by atoms with Gasteiger partial charge in [0.05, 0.1) is 12.2 Å². The summed E-state index contributed by atoms with van der Waals surface area (Å²) in [6.07, 6.45) is 5.21. The molecule has 0 bridgehead atoms. The van der Waals surface area contributed by atoms with Crippen LogP contribution in [0.2, 0.25) is 19.6 Å². The molecule has 1 saturated heterocycles. The maximum absolute atomic E-state index is 6.05. The Morgan fingerprint density at radius 3 is 2.67 bits per heavy atom. The van der Waals surface area contributed by atoms with Crippen molar-refractivity contribution < 1.29 is 9.16 Å². The van der Waals surface area contributed by atoms with Gasteiger partial charge in [0.2, 0.25) is 0 Å². The fourth-order valence-electron chi connectivity index (χ4n) is 1.98. The Labute approximate surface area is 75.4 Å². The molecule has 0 amide bonds. The molecule has 0 N–H and O–H groups in total. The number of hydrogen-bond donors (Lipinski definition) is 0. The van der Waals surface area contributed by atoms with E-state index >= 15 is 0 Å². The molecule has 0 radical (unpaired) electrons. The van der Waals surface area contributed by atoms with Crippen molar-refractivity contribution in [1.82, 2.24) is 0 Å². The highest BCUT2D eigenvalue weighted by molar-refractivity contribution is 6.69. The largest absolute Gasteiger partial charge is 0.412 e. The normalized spacial score (nSPS) is 40.8. The summed E-state index contributed by atoms with van der Waals surface area (Å²) < 4.78 is 11.6. The van der Waals surface area contributed by atoms with Gasteiger partial charge in [0.1, 0.15) is 6.10 Å². The Balaban J connectivity index is 1.87. The van der Waals surface area contributed by atoms with E-state index < -0.39 is 8.32 Å². The molecule has 70 valence electrons. The summed E-state index contributed by atoms with van der Waals surface area (Å²) in [5.74, 6) is 0. The molecule has 2 rings (SSSR count). The number of rotatable bonds is 2. The minimum atomic E-state index is -1.34. The minimum absolute atomic E-state index is 0.426. The minimum Gasteiger partial charge on any atom is -0.412 e. The molecule has 2 fully saturated rings. The van der Waals surface area contributed by atoms with Crippen molar-refractivity contribution in [2.24, 2.45) is 0 Å². The Morgan fingerprint density at radius 2 is 2.00 bits per heavy atom. The van der Waals surface area contributed by atoms with Gasteiger partial charge >= 0.3 is 0 Å². The third-order valence-electron chi connectivity index (χ3n) is 2.47. The van der Waals surface area contributed by atoms with Crippen LogP contribution < -0.4 is 0 Å². The van der Waals surface area contributed by atoms with E-state index in [2.05, 4.69) is 19.6 Å². The van der Waals surface area contributed by atoms with Crippen molar-refractivity contribution >= 4 is 8.32 Å². The summed E-state index contributed by atoms with van der Waals surface area (Å²) in [6.45, 7) is 6.75. The van der Waals surface area contributed by atoms with Crippen molar-refractivity contribution in [2.45, 2.75) is 57.2 Å². The van der Waals surface area contributed by atoms with Crippen molar-refractivity contribution in [2.75, 3.05) is 0 Å². The first-order valence-electron chi connectivity index (χ1n) is 4.89. The van der Waals surface area contributed by atoms with Crippen molar-refractivity contribution in [3.8, 4) is 0 Å². The van der Waals surface area contributed by atoms with Gasteiger partial charge in [-0.15, -0.1) is 0 Å². The quantitative estimate of drug-likeness (QED) is 0.487. The smallest absolute Gasteiger partial charge is 0.184 e. The van der Waals surface area contributed by atoms with Gasteiger partial charge in [-0.1, -0.05) is 0 Å². The van der Waals surface area contributed by atoms with Gasteiger partial charge in [0, 0.05) is 0 Å². The Bertz CT molecular complexity index is 176. The van der Waals surface area contributed by atoms with Gasteiger partial charge in [0.25, 0.3) is 0 Å². The topological polar surface area (TPSA) is 21.8 Å². The van der Waals surface area contributed by atoms with E-state index in [1.165, 1.54) is 19.3 Å². The second-order valence-electron chi connectivity index (χ2n) is 4.84. The Kier molecular flexibility index (Phi) is 2.05. The van der Waals surface area contributed by atoms with Crippen molar-refractivity contribution in [1.29, 1.82) is 0 Å². The summed E-state index contributed by atoms with van der Waals surface area (Å²) in [5.41, 5.74) is 0. The molecule has 0 aromatic rings. The van der Waals surface area contributed by atoms with E-state index in [-0.39, 0.29) is 0 Å². The highest BCUT2D eigenvalue weighted by atomic mass is 28.4. The molecule has 2 aliphatic rings. The van der Waals surface area contributed by atoms with E-state index in [9.17, 15) is 0 Å². The van der Waals surface area contributed by atoms with E-state index in [1.807, 2.05) is 0 Å². The fraction of sp³-hybridized carbons (Fsp3) is 1.00. The van der Waals surface area contributed by atoms with Crippen LogP contribution in [0.15, 0.2) is 0 Å². The summed E-state index contributed by atoms with van der Waals surface area (Å²) in [5, 5.41) is 0. The van der Waals surface area contributed by atoms with Crippen molar-refractivity contribution in [3.05, 3.63) is 0 Å². The van der Waals surface area contributed by atoms with Crippen molar-refractivity contribution in [3.63, 3.8) is 0 Å². The third-order valence-corrected chi connectivity index (χ3v) is 3.48. The first-order valence-corrected chi connectivity index (χ1v) is 8.30. The molecule has 0 aromatic carbocycles. The first-order chi connectivity index (χ1) is 5.56. The highest BCUT2D eigenvalue weighted by Gasteiger charge is 2.48. The average molecular weight is 186 g/mol. The Morgan fingerprint density at radius 1 is 1.25 bits per heavy atom. The molecular weight excluding hydrogens is 168 g/mol. The molecule has 0 spiro atoms. The molecule has 1 aliphatic carbocycles. The zero-order chi connectivity index (χ0) is 8.77. The zero-order valence-electron chi connectivity index (χ0n) is 8.17. The van der Waals surface area contributed by atoms with E-state index in [0.717, 1.165) is 0 Å². The highest BCUT2D eigenvalue weighted by Crippen LogP contribution is 2.39. The monoisotopic (exact) mass is 186 g/mol. The standard InChI is InChI=1S/C9H18O2Si/c1-12(2,3)11-8-6-4-5-7-9(8)10-7/h7-9H,4-6H2,1-3H3/t7-,8?,9-/m1/s1. The molecule has 1 heterocycles. The average Bonchev–Trinajstić information content (AvgIpc) is 2.62. The summed E-state index contributed by atoms with van der Waals surface area (Å²) in [7, 11) is -1.34. The van der Waals surface area contributed by atoms with Gasteiger partial charge in [-0.3, -0.25) is 0 Å². The SMILES string of the molecule is C[Si](C)(C)OC1CCC[C@H]2O[C@@H]12. The fourth-order valence-corrected chi connectivity index (χ4v) is 3.14. The van der Waals surface area contributed by atoms with Crippen LogP contribution in [-0.2, 0) is 9.16 Å². The van der Waals surface area contributed by atoms with E-state index in [4.69, 9.17) is 9.16 Å². The summed E-state index contributed by atoms with van der Waals surface area (Å²) in [4.78, 5) is 0. The molecule has 1 saturated carbocycles. The summed E-state index contributed by atoms with van der Waals surface area (Å²) >= 11 is 0. The lowest BCUT2D eigenvalue weighted by Gasteiger charge is -2.27. The molecule has 1 aliphatic heterocycles. The predicted octanol–water partition coefficient (Wildman–Crippen LogP) is 2.16. The van der Waals surface area contributed by atoms with Gasteiger partial charge in [-0.05, 0) is 38.9 Å². The second kappa shape index (κ2) is 2.82. The van der Waals surface area contributed by atoms with Crippen LogP contribution in [0.4, 0.5) is 0 Å². The van der Waals surface area contributed by atoms with Crippen LogP contribution in [-0.4, -0.2) is 26.6 Å². The van der Waals surface area contributed by atoms with Gasteiger partial charge < -0.3 is 9.16 Å². The molecule has 3 atom stereocenters. The lowest BCUT2D eigenvalue weighted by atomic mass is 9.98. The van der Waals surface area contributed by atoms with Crippen LogP contribution in [0.1, 0.15) is 19.3 Å². The number of hydrogen-bond acceptors (Lipinski definition) is 2. The van der Waals surface area contributed by atoms with Crippen LogP contribution in [0.25, 0.3) is 0 Å². The molecule has 12 heavy (non-hydrogen) atoms. The lowest BCUT2D eigenvalue weighted by molar-refractivity contribution is 0.141. The van der Waals surface area contributed by atoms with Crippen LogP contribution >= 0.6 is 0 Å². The third kappa shape index (κ3) is 1.89. The van der Waals surface area contributed by atoms with E-state index in [0.29, 0.717) is 18.3 Å². The maximum atomic E-state index is 6.05. The lowest BCUT2D eigenvalue weighted by Crippen LogP contribution is -2.36. The Hall–Kier alpha value is 0.137. The second-order valence-corrected chi connectivity index (χ2v) is 9.30. The number of fused-ring (bicyclic) bond motifs is 1. The molecule has 1 unspecified atom stereocenters. The van der Waals surface area contributed by atoms with Gasteiger partial charge in [-0.2, -0.15) is 0 Å².